The van der Waals surface area contributed by atoms with E-state index in [1.54, 1.807) is 37.4 Å². The van der Waals surface area contributed by atoms with Crippen LogP contribution in [0.5, 0.6) is 11.5 Å². The van der Waals surface area contributed by atoms with Crippen molar-refractivity contribution in [3.05, 3.63) is 75.9 Å². The predicted molar refractivity (Wildman–Crippen MR) is 113 cm³/mol. The van der Waals surface area contributed by atoms with Crippen molar-refractivity contribution < 1.29 is 14.3 Å². The summed E-state index contributed by atoms with van der Waals surface area (Å²) in [5.41, 5.74) is 8.46. The highest BCUT2D eigenvalue weighted by Gasteiger charge is 2.14. The second-order valence-electron chi connectivity index (χ2n) is 6.15. The number of amides is 1. The summed E-state index contributed by atoms with van der Waals surface area (Å²) in [5.74, 6) is 1.25. The Hall–Kier alpha value is -2.90. The molecule has 0 fully saturated rings. The normalized spacial score (nSPS) is 10.5. The molecule has 0 bridgehead atoms. The van der Waals surface area contributed by atoms with Crippen molar-refractivity contribution in [2.45, 2.75) is 13.5 Å². The van der Waals surface area contributed by atoms with Crippen LogP contribution in [-0.2, 0) is 11.3 Å². The highest BCUT2D eigenvalue weighted by Crippen LogP contribution is 2.25. The predicted octanol–water partition coefficient (Wildman–Crippen LogP) is 4.93. The van der Waals surface area contributed by atoms with Crippen LogP contribution >= 0.6 is 15.9 Å². The first-order valence-electron chi connectivity index (χ1n) is 8.56. The Morgan fingerprint density at radius 2 is 1.71 bits per heavy atom. The first-order chi connectivity index (χ1) is 13.5. The zero-order chi connectivity index (χ0) is 20.1. The lowest BCUT2D eigenvalue weighted by Crippen LogP contribution is -2.16. The highest BCUT2D eigenvalue weighted by molar-refractivity contribution is 9.10. The third-order valence-electron chi connectivity index (χ3n) is 4.03. The van der Waals surface area contributed by atoms with Crippen LogP contribution in [0.1, 0.15) is 21.6 Å². The van der Waals surface area contributed by atoms with Gasteiger partial charge in [0.1, 0.15) is 17.3 Å². The zero-order valence-electron chi connectivity index (χ0n) is 15.5. The molecule has 2 aromatic carbocycles. The molecular formula is C21H20BrN3O3. The van der Waals surface area contributed by atoms with Gasteiger partial charge < -0.3 is 20.5 Å². The lowest BCUT2D eigenvalue weighted by atomic mass is 10.1. The number of anilines is 2. The Morgan fingerprint density at radius 3 is 2.32 bits per heavy atom. The van der Waals surface area contributed by atoms with Gasteiger partial charge in [0.15, 0.2) is 0 Å². The number of aromatic nitrogens is 1. The summed E-state index contributed by atoms with van der Waals surface area (Å²) in [6.07, 6.45) is 0. The van der Waals surface area contributed by atoms with Crippen molar-refractivity contribution in [1.29, 1.82) is 0 Å². The van der Waals surface area contributed by atoms with Crippen LogP contribution in [-0.4, -0.2) is 18.0 Å². The number of ether oxygens (including phenoxy) is 2. The van der Waals surface area contributed by atoms with Crippen LogP contribution < -0.4 is 15.8 Å². The number of benzene rings is 2. The average Bonchev–Trinajstić information content (AvgIpc) is 2.68. The quantitative estimate of drug-likeness (QED) is 0.566. The fourth-order valence-electron chi connectivity index (χ4n) is 2.58. The van der Waals surface area contributed by atoms with Crippen molar-refractivity contribution in [2.24, 2.45) is 0 Å². The Kier molecular flexibility index (Phi) is 6.28. The Labute approximate surface area is 171 Å². The number of methoxy groups -OCH3 is 1. The van der Waals surface area contributed by atoms with Gasteiger partial charge in [-0.1, -0.05) is 15.9 Å². The van der Waals surface area contributed by atoms with E-state index in [2.05, 4.69) is 26.2 Å². The summed E-state index contributed by atoms with van der Waals surface area (Å²) in [4.78, 5) is 16.8. The van der Waals surface area contributed by atoms with Crippen LogP contribution in [0.2, 0.25) is 0 Å². The number of pyridine rings is 1. The fraction of sp³-hybridized carbons (Fsp3) is 0.143. The van der Waals surface area contributed by atoms with E-state index in [4.69, 9.17) is 15.2 Å². The van der Waals surface area contributed by atoms with Crippen molar-refractivity contribution in [2.75, 3.05) is 18.2 Å². The number of nitrogen functional groups attached to an aromatic ring is 1. The van der Waals surface area contributed by atoms with Crippen LogP contribution in [0.3, 0.4) is 0 Å². The molecule has 0 unspecified atom stereocenters. The minimum atomic E-state index is -0.321. The number of hydrogen-bond donors (Lipinski definition) is 2. The minimum absolute atomic E-state index is 0.172. The Bertz CT molecular complexity index is 973. The van der Waals surface area contributed by atoms with Crippen molar-refractivity contribution >= 4 is 33.3 Å². The molecule has 144 valence electrons. The molecule has 0 saturated carbocycles. The van der Waals surface area contributed by atoms with Gasteiger partial charge in [0.25, 0.3) is 5.91 Å². The molecule has 0 spiro atoms. The maximum atomic E-state index is 12.6. The van der Waals surface area contributed by atoms with E-state index >= 15 is 0 Å². The second-order valence-corrected chi connectivity index (χ2v) is 7.07. The number of aryl methyl sites for hydroxylation is 1. The monoisotopic (exact) mass is 441 g/mol. The van der Waals surface area contributed by atoms with Crippen LogP contribution in [0.15, 0.2) is 59.1 Å². The lowest BCUT2D eigenvalue weighted by Gasteiger charge is -2.11. The highest BCUT2D eigenvalue weighted by atomic mass is 79.9. The molecule has 3 rings (SSSR count). The zero-order valence-corrected chi connectivity index (χ0v) is 17.1. The molecule has 7 heteroatoms. The molecule has 0 saturated heterocycles. The summed E-state index contributed by atoms with van der Waals surface area (Å²) in [6.45, 7) is 2.21. The largest absolute Gasteiger partial charge is 0.457 e. The van der Waals surface area contributed by atoms with E-state index in [-0.39, 0.29) is 11.7 Å². The summed E-state index contributed by atoms with van der Waals surface area (Å²) in [6, 6.07) is 16.4. The minimum Gasteiger partial charge on any atom is -0.457 e. The molecule has 0 aliphatic heterocycles. The molecule has 0 radical (unpaired) electrons. The van der Waals surface area contributed by atoms with Crippen molar-refractivity contribution in [1.82, 2.24) is 4.98 Å². The van der Waals surface area contributed by atoms with Crippen molar-refractivity contribution in [3.8, 4) is 11.5 Å². The maximum absolute atomic E-state index is 12.6. The average molecular weight is 442 g/mol. The fourth-order valence-corrected chi connectivity index (χ4v) is 2.84. The third kappa shape index (κ3) is 4.88. The molecule has 3 N–H and O–H groups in total. The number of nitrogens with zero attached hydrogens (tertiary/aromatic N) is 1. The number of carbonyl (C=O) groups excluding carboxylic acids is 1. The van der Waals surface area contributed by atoms with Gasteiger partial charge in [0.05, 0.1) is 17.9 Å². The van der Waals surface area contributed by atoms with E-state index in [1.807, 2.05) is 31.2 Å². The van der Waals surface area contributed by atoms with Crippen LogP contribution in [0.4, 0.5) is 11.5 Å². The molecule has 0 aliphatic carbocycles. The molecule has 3 aromatic rings. The molecule has 0 atom stereocenters. The molecule has 0 aliphatic rings. The summed E-state index contributed by atoms with van der Waals surface area (Å²) < 4.78 is 11.8. The van der Waals surface area contributed by atoms with E-state index in [0.29, 0.717) is 29.3 Å². The van der Waals surface area contributed by atoms with E-state index in [9.17, 15) is 4.79 Å². The smallest absolute Gasteiger partial charge is 0.259 e. The van der Waals surface area contributed by atoms with Gasteiger partial charge in [-0.25, -0.2) is 4.98 Å². The topological polar surface area (TPSA) is 86.5 Å². The van der Waals surface area contributed by atoms with E-state index < -0.39 is 0 Å². The van der Waals surface area contributed by atoms with Gasteiger partial charge in [-0.2, -0.15) is 0 Å². The van der Waals surface area contributed by atoms with Gasteiger partial charge in [0, 0.05) is 17.3 Å². The molecule has 28 heavy (non-hydrogen) atoms. The van der Waals surface area contributed by atoms with Gasteiger partial charge in [-0.15, -0.1) is 0 Å². The number of rotatable bonds is 6. The second kappa shape index (κ2) is 8.86. The van der Waals surface area contributed by atoms with Gasteiger partial charge in [0.2, 0.25) is 0 Å². The third-order valence-corrected chi connectivity index (χ3v) is 4.56. The first-order valence-corrected chi connectivity index (χ1v) is 9.35. The maximum Gasteiger partial charge on any atom is 0.259 e. The standard InChI is InChI=1S/C21H20BrN3O3/c1-13-11-18(20(23)25-19(13)12-27-2)21(26)24-15-5-9-17(10-6-15)28-16-7-3-14(22)4-8-16/h3-11H,12H2,1-2H3,(H2,23,25)(H,24,26). The molecular weight excluding hydrogens is 422 g/mol. The van der Waals surface area contributed by atoms with Gasteiger partial charge in [-0.05, 0) is 67.1 Å². The number of nitrogens with two attached hydrogens (primary N) is 1. The SMILES string of the molecule is COCc1nc(N)c(C(=O)Nc2ccc(Oc3ccc(Br)cc3)cc2)cc1C. The number of carbonyl (C=O) groups is 1. The lowest BCUT2D eigenvalue weighted by molar-refractivity contribution is 0.102. The molecule has 1 aromatic heterocycles. The van der Waals surface area contributed by atoms with E-state index in [0.717, 1.165) is 15.8 Å². The van der Waals surface area contributed by atoms with E-state index in [1.165, 1.54) is 0 Å². The Balaban J connectivity index is 1.69. The first kappa shape index (κ1) is 19.9. The van der Waals surface area contributed by atoms with Gasteiger partial charge >= 0.3 is 0 Å². The summed E-state index contributed by atoms with van der Waals surface area (Å²) in [5, 5.41) is 2.82. The van der Waals surface area contributed by atoms with Crippen LogP contribution in [0, 0.1) is 6.92 Å². The number of nitrogens with one attached hydrogen (secondary N) is 1. The molecule has 1 heterocycles. The summed E-state index contributed by atoms with van der Waals surface area (Å²) >= 11 is 3.39. The Morgan fingerprint density at radius 1 is 1.11 bits per heavy atom. The molecule has 6 nitrogen and oxygen atoms in total. The van der Waals surface area contributed by atoms with Crippen LogP contribution in [0.25, 0.3) is 0 Å². The number of hydrogen-bond acceptors (Lipinski definition) is 5. The summed E-state index contributed by atoms with van der Waals surface area (Å²) in [7, 11) is 1.59. The van der Waals surface area contributed by atoms with Gasteiger partial charge in [-0.3, -0.25) is 4.79 Å². The number of halogens is 1. The molecule has 1 amide bonds. The van der Waals surface area contributed by atoms with Crippen molar-refractivity contribution in [3.63, 3.8) is 0 Å².